The summed E-state index contributed by atoms with van der Waals surface area (Å²) >= 11 is 2.82. The molecular weight excluding hydrogens is 234 g/mol. The molecule has 1 fully saturated rings. The van der Waals surface area contributed by atoms with Crippen molar-refractivity contribution in [3.63, 3.8) is 0 Å². The number of rotatable bonds is 2. The van der Waals surface area contributed by atoms with Crippen LogP contribution in [-0.4, -0.2) is 34.3 Å². The molecule has 0 aliphatic carbocycles. The van der Waals surface area contributed by atoms with Crippen molar-refractivity contribution in [1.29, 1.82) is 0 Å². The first-order chi connectivity index (χ1) is 7.25. The predicted molar refractivity (Wildman–Crippen MR) is 60.0 cm³/mol. The van der Waals surface area contributed by atoms with Gasteiger partial charge in [0.15, 0.2) is 5.13 Å². The molecule has 1 unspecified atom stereocenters. The minimum Gasteiger partial charge on any atom is -0.343 e. The number of amides is 2. The maximum Gasteiger partial charge on any atom is 0.249 e. The Morgan fingerprint density at radius 3 is 3.20 bits per heavy atom. The fraction of sp³-hybridized carbons (Fsp3) is 0.375. The second kappa shape index (κ2) is 4.63. The normalized spacial score (nSPS) is 20.8. The van der Waals surface area contributed by atoms with Gasteiger partial charge < -0.3 is 10.6 Å². The number of carbonyl (C=O) groups is 2. The van der Waals surface area contributed by atoms with Gasteiger partial charge in [-0.2, -0.15) is 0 Å². The summed E-state index contributed by atoms with van der Waals surface area (Å²) in [6.07, 6.45) is 1.62. The molecule has 0 spiro atoms. The highest BCUT2D eigenvalue weighted by Gasteiger charge is 2.25. The van der Waals surface area contributed by atoms with Gasteiger partial charge in [-0.15, -0.1) is 23.1 Å². The molecule has 1 aliphatic heterocycles. The summed E-state index contributed by atoms with van der Waals surface area (Å²) in [6, 6.07) is -0.444. The molecular formula is C8H9N3O2S2. The van der Waals surface area contributed by atoms with Crippen LogP contribution >= 0.6 is 23.1 Å². The van der Waals surface area contributed by atoms with Crippen LogP contribution in [0.25, 0.3) is 0 Å². The van der Waals surface area contributed by atoms with Crippen LogP contribution in [0.3, 0.4) is 0 Å². The van der Waals surface area contributed by atoms with Crippen molar-refractivity contribution in [3.8, 4) is 0 Å². The molecule has 2 rings (SSSR count). The van der Waals surface area contributed by atoms with Crippen molar-refractivity contribution in [2.75, 3.05) is 16.8 Å². The van der Waals surface area contributed by atoms with Crippen molar-refractivity contribution in [1.82, 2.24) is 10.3 Å². The van der Waals surface area contributed by atoms with E-state index in [4.69, 9.17) is 0 Å². The zero-order valence-corrected chi connectivity index (χ0v) is 9.36. The molecule has 0 radical (unpaired) electrons. The van der Waals surface area contributed by atoms with Crippen LogP contribution in [0.4, 0.5) is 5.13 Å². The third-order valence-electron chi connectivity index (χ3n) is 1.83. The molecule has 1 aromatic heterocycles. The summed E-state index contributed by atoms with van der Waals surface area (Å²) in [6.45, 7) is 0. The van der Waals surface area contributed by atoms with E-state index < -0.39 is 6.04 Å². The summed E-state index contributed by atoms with van der Waals surface area (Å²) < 4.78 is 0. The Morgan fingerprint density at radius 2 is 2.53 bits per heavy atom. The Kier molecular flexibility index (Phi) is 3.22. The smallest absolute Gasteiger partial charge is 0.249 e. The summed E-state index contributed by atoms with van der Waals surface area (Å²) in [4.78, 5) is 26.6. The Labute approximate surface area is 94.7 Å². The fourth-order valence-corrected chi connectivity index (χ4v) is 2.55. The van der Waals surface area contributed by atoms with E-state index in [0.717, 1.165) is 0 Å². The summed E-state index contributed by atoms with van der Waals surface area (Å²) in [5.41, 5.74) is 0. The standard InChI is InChI=1S/C8H9N3O2S2/c12-6-4-14-3-5(10-6)7(13)11-8-9-1-2-15-8/h1-2,5H,3-4H2,(H,10,12)(H,9,11,13). The molecule has 0 bridgehead atoms. The van der Waals surface area contributed by atoms with Gasteiger partial charge in [0.2, 0.25) is 11.8 Å². The number of nitrogens with one attached hydrogen (secondary N) is 2. The molecule has 15 heavy (non-hydrogen) atoms. The zero-order chi connectivity index (χ0) is 10.7. The summed E-state index contributed by atoms with van der Waals surface area (Å²) in [5.74, 6) is 0.750. The van der Waals surface area contributed by atoms with Gasteiger partial charge in [-0.3, -0.25) is 9.59 Å². The molecule has 7 heteroatoms. The van der Waals surface area contributed by atoms with Gasteiger partial charge in [0.25, 0.3) is 0 Å². The molecule has 2 amide bonds. The minimum atomic E-state index is -0.444. The Balaban J connectivity index is 1.93. The first-order valence-corrected chi connectivity index (χ1v) is 6.36. The number of aromatic nitrogens is 1. The molecule has 80 valence electrons. The van der Waals surface area contributed by atoms with E-state index >= 15 is 0 Å². The van der Waals surface area contributed by atoms with Crippen LogP contribution in [0.15, 0.2) is 11.6 Å². The number of thiazole rings is 1. The molecule has 5 nitrogen and oxygen atoms in total. The van der Waals surface area contributed by atoms with Crippen molar-refractivity contribution in [3.05, 3.63) is 11.6 Å². The lowest BCUT2D eigenvalue weighted by Gasteiger charge is -2.21. The van der Waals surface area contributed by atoms with Crippen LogP contribution in [0.1, 0.15) is 0 Å². The Hall–Kier alpha value is -1.08. The van der Waals surface area contributed by atoms with E-state index in [-0.39, 0.29) is 11.8 Å². The average Bonchev–Trinajstić information content (AvgIpc) is 2.70. The van der Waals surface area contributed by atoms with E-state index in [2.05, 4.69) is 15.6 Å². The highest BCUT2D eigenvalue weighted by atomic mass is 32.2. The Bertz CT molecular complexity index is 366. The van der Waals surface area contributed by atoms with Gasteiger partial charge in [0.05, 0.1) is 5.75 Å². The zero-order valence-electron chi connectivity index (χ0n) is 7.73. The average molecular weight is 243 g/mol. The van der Waals surface area contributed by atoms with E-state index in [1.807, 2.05) is 0 Å². The quantitative estimate of drug-likeness (QED) is 0.784. The molecule has 2 heterocycles. The third kappa shape index (κ3) is 2.69. The number of anilines is 1. The van der Waals surface area contributed by atoms with Gasteiger partial charge >= 0.3 is 0 Å². The number of hydrogen-bond acceptors (Lipinski definition) is 5. The van der Waals surface area contributed by atoms with Crippen LogP contribution in [0.5, 0.6) is 0 Å². The molecule has 1 saturated heterocycles. The number of thioether (sulfide) groups is 1. The summed E-state index contributed by atoms with van der Waals surface area (Å²) in [7, 11) is 0. The molecule has 0 saturated carbocycles. The highest BCUT2D eigenvalue weighted by Crippen LogP contribution is 2.13. The first kappa shape index (κ1) is 10.4. The lowest BCUT2D eigenvalue weighted by molar-refractivity contribution is -0.124. The number of carbonyl (C=O) groups excluding carboxylic acids is 2. The molecule has 2 N–H and O–H groups in total. The SMILES string of the molecule is O=C1CSCC(C(=O)Nc2nccs2)N1. The maximum atomic E-state index is 11.6. The monoisotopic (exact) mass is 243 g/mol. The molecule has 1 aliphatic rings. The van der Waals surface area contributed by atoms with Crippen molar-refractivity contribution in [2.24, 2.45) is 0 Å². The lowest BCUT2D eigenvalue weighted by atomic mass is 10.3. The van der Waals surface area contributed by atoms with Crippen LogP contribution in [-0.2, 0) is 9.59 Å². The molecule has 0 aromatic carbocycles. The first-order valence-electron chi connectivity index (χ1n) is 4.33. The van der Waals surface area contributed by atoms with Crippen molar-refractivity contribution in [2.45, 2.75) is 6.04 Å². The van der Waals surface area contributed by atoms with E-state index in [1.165, 1.54) is 23.1 Å². The second-order valence-corrected chi connectivity index (χ2v) is 4.89. The van der Waals surface area contributed by atoms with Gasteiger partial charge in [0.1, 0.15) is 6.04 Å². The number of nitrogens with zero attached hydrogens (tertiary/aromatic N) is 1. The van der Waals surface area contributed by atoms with E-state index in [9.17, 15) is 9.59 Å². The predicted octanol–water partition coefficient (Wildman–Crippen LogP) is 0.313. The van der Waals surface area contributed by atoms with Gasteiger partial charge in [-0.25, -0.2) is 4.98 Å². The largest absolute Gasteiger partial charge is 0.343 e. The lowest BCUT2D eigenvalue weighted by Crippen LogP contribution is -2.49. The molecule has 1 aromatic rings. The van der Waals surface area contributed by atoms with Gasteiger partial charge in [-0.05, 0) is 0 Å². The van der Waals surface area contributed by atoms with Crippen molar-refractivity contribution < 1.29 is 9.59 Å². The minimum absolute atomic E-state index is 0.0921. The third-order valence-corrected chi connectivity index (χ3v) is 3.56. The maximum absolute atomic E-state index is 11.6. The van der Waals surface area contributed by atoms with Crippen LogP contribution in [0, 0.1) is 0 Å². The van der Waals surface area contributed by atoms with E-state index in [0.29, 0.717) is 16.6 Å². The topological polar surface area (TPSA) is 71.1 Å². The van der Waals surface area contributed by atoms with Crippen LogP contribution < -0.4 is 10.6 Å². The molecule has 1 atom stereocenters. The Morgan fingerprint density at radius 1 is 1.67 bits per heavy atom. The number of hydrogen-bond donors (Lipinski definition) is 2. The fourth-order valence-electron chi connectivity index (χ4n) is 1.17. The van der Waals surface area contributed by atoms with Crippen molar-refractivity contribution >= 4 is 40.0 Å². The van der Waals surface area contributed by atoms with Gasteiger partial charge in [0, 0.05) is 17.3 Å². The van der Waals surface area contributed by atoms with E-state index in [1.54, 1.807) is 11.6 Å². The summed E-state index contributed by atoms with van der Waals surface area (Å²) in [5, 5.41) is 7.63. The van der Waals surface area contributed by atoms with Gasteiger partial charge in [-0.1, -0.05) is 0 Å². The van der Waals surface area contributed by atoms with Crippen LogP contribution in [0.2, 0.25) is 0 Å². The highest BCUT2D eigenvalue weighted by molar-refractivity contribution is 8.00. The second-order valence-electron chi connectivity index (χ2n) is 2.96.